The molecule has 0 saturated heterocycles. The second-order valence-electron chi connectivity index (χ2n) is 5.17. The van der Waals surface area contributed by atoms with E-state index < -0.39 is 9.84 Å². The average Bonchev–Trinajstić information content (AvgIpc) is 2.83. The van der Waals surface area contributed by atoms with E-state index in [4.69, 9.17) is 0 Å². The molecule has 0 bridgehead atoms. The molecule has 0 aromatic heterocycles. The normalized spacial score (nSPS) is 16.7. The number of hydrogen-bond donors (Lipinski definition) is 1. The summed E-state index contributed by atoms with van der Waals surface area (Å²) in [6.07, 6.45) is 4.35. The van der Waals surface area contributed by atoms with E-state index in [0.29, 0.717) is 11.6 Å². The van der Waals surface area contributed by atoms with Gasteiger partial charge in [0.05, 0.1) is 17.2 Å². The number of sulfone groups is 1. The summed E-state index contributed by atoms with van der Waals surface area (Å²) in [6.45, 7) is 0.260. The highest BCUT2D eigenvalue weighted by Crippen LogP contribution is 2.26. The van der Waals surface area contributed by atoms with Crippen molar-refractivity contribution in [3.8, 4) is 0 Å². The highest BCUT2D eigenvalue weighted by atomic mass is 32.2. The number of para-hydroxylation sites is 1. The molecule has 1 fully saturated rings. The van der Waals surface area contributed by atoms with E-state index in [2.05, 4.69) is 5.32 Å². The Morgan fingerprint density at radius 1 is 1.21 bits per heavy atom. The summed E-state index contributed by atoms with van der Waals surface area (Å²) in [5.41, 5.74) is 0.360. The van der Waals surface area contributed by atoms with Gasteiger partial charge in [0, 0.05) is 6.54 Å². The van der Waals surface area contributed by atoms with Crippen molar-refractivity contribution in [1.29, 1.82) is 0 Å². The lowest BCUT2D eigenvalue weighted by Gasteiger charge is -2.11. The van der Waals surface area contributed by atoms with E-state index in [9.17, 15) is 12.8 Å². The molecule has 0 aliphatic heterocycles. The predicted molar refractivity (Wildman–Crippen MR) is 75.5 cm³/mol. The van der Waals surface area contributed by atoms with Crippen LogP contribution in [0.15, 0.2) is 24.3 Å². The molecule has 1 saturated carbocycles. The zero-order chi connectivity index (χ0) is 13.7. The van der Waals surface area contributed by atoms with Crippen molar-refractivity contribution in [3.63, 3.8) is 0 Å². The molecule has 2 rings (SSSR count). The van der Waals surface area contributed by atoms with Gasteiger partial charge < -0.3 is 5.32 Å². The topological polar surface area (TPSA) is 46.2 Å². The third-order valence-corrected chi connectivity index (χ3v) is 5.37. The number of anilines is 1. The Morgan fingerprint density at radius 3 is 2.58 bits per heavy atom. The minimum Gasteiger partial charge on any atom is -0.382 e. The van der Waals surface area contributed by atoms with Gasteiger partial charge in [0.15, 0.2) is 9.84 Å². The molecule has 0 heterocycles. The van der Waals surface area contributed by atoms with Crippen LogP contribution in [-0.4, -0.2) is 26.5 Å². The molecular weight excluding hydrogens is 265 g/mol. The summed E-state index contributed by atoms with van der Waals surface area (Å²) >= 11 is 0. The minimum absolute atomic E-state index is 0.0673. The first-order chi connectivity index (χ1) is 9.07. The minimum atomic E-state index is -3.03. The average molecular weight is 285 g/mol. The molecule has 0 radical (unpaired) electrons. The Balaban J connectivity index is 1.79. The zero-order valence-corrected chi connectivity index (χ0v) is 11.8. The van der Waals surface area contributed by atoms with Crippen LogP contribution < -0.4 is 5.32 Å². The summed E-state index contributed by atoms with van der Waals surface area (Å²) < 4.78 is 37.2. The lowest BCUT2D eigenvalue weighted by molar-refractivity contribution is 0.559. The van der Waals surface area contributed by atoms with Crippen molar-refractivity contribution in [1.82, 2.24) is 0 Å². The monoisotopic (exact) mass is 285 g/mol. The molecule has 0 unspecified atom stereocenters. The van der Waals surface area contributed by atoms with Crippen molar-refractivity contribution < 1.29 is 12.8 Å². The molecule has 0 amide bonds. The van der Waals surface area contributed by atoms with Crippen LogP contribution in [0.25, 0.3) is 0 Å². The zero-order valence-electron chi connectivity index (χ0n) is 10.9. The number of rotatable bonds is 6. The summed E-state index contributed by atoms with van der Waals surface area (Å²) in [6, 6.07) is 6.30. The van der Waals surface area contributed by atoms with Gasteiger partial charge in [-0.15, -0.1) is 0 Å². The Kier molecular flexibility index (Phi) is 4.80. The van der Waals surface area contributed by atoms with Crippen LogP contribution in [0.2, 0.25) is 0 Å². The van der Waals surface area contributed by atoms with Gasteiger partial charge in [-0.3, -0.25) is 0 Å². The van der Waals surface area contributed by atoms with Crippen LogP contribution in [-0.2, 0) is 9.84 Å². The molecule has 0 atom stereocenters. The molecule has 1 aromatic carbocycles. The molecule has 106 valence electrons. The van der Waals surface area contributed by atoms with Gasteiger partial charge in [-0.25, -0.2) is 12.8 Å². The van der Waals surface area contributed by atoms with Gasteiger partial charge in [0.1, 0.15) is 5.82 Å². The van der Waals surface area contributed by atoms with E-state index in [1.807, 2.05) is 0 Å². The van der Waals surface area contributed by atoms with Crippen LogP contribution in [0.5, 0.6) is 0 Å². The molecular formula is C14H20FNO2S. The third kappa shape index (κ3) is 4.49. The van der Waals surface area contributed by atoms with Crippen molar-refractivity contribution >= 4 is 15.5 Å². The Labute approximate surface area is 114 Å². The van der Waals surface area contributed by atoms with Crippen molar-refractivity contribution in [2.75, 3.05) is 23.4 Å². The van der Waals surface area contributed by atoms with E-state index in [-0.39, 0.29) is 23.9 Å². The largest absolute Gasteiger partial charge is 0.382 e. The maximum atomic E-state index is 13.3. The summed E-state index contributed by atoms with van der Waals surface area (Å²) in [4.78, 5) is 0. The first-order valence-electron chi connectivity index (χ1n) is 6.76. The van der Waals surface area contributed by atoms with E-state index in [1.54, 1.807) is 18.2 Å². The van der Waals surface area contributed by atoms with Gasteiger partial charge in [-0.1, -0.05) is 25.0 Å². The fraction of sp³-hybridized carbons (Fsp3) is 0.571. The van der Waals surface area contributed by atoms with Crippen molar-refractivity contribution in [2.24, 2.45) is 5.92 Å². The fourth-order valence-electron chi connectivity index (χ4n) is 2.57. The quantitative estimate of drug-likeness (QED) is 0.874. The van der Waals surface area contributed by atoms with Crippen LogP contribution in [0.4, 0.5) is 10.1 Å². The first kappa shape index (κ1) is 14.3. The highest BCUT2D eigenvalue weighted by Gasteiger charge is 2.22. The Bertz CT molecular complexity index is 510. The van der Waals surface area contributed by atoms with Gasteiger partial charge in [0.2, 0.25) is 0 Å². The second kappa shape index (κ2) is 6.37. The molecule has 1 N–H and O–H groups in total. The number of nitrogens with one attached hydrogen (secondary N) is 1. The number of benzene rings is 1. The van der Waals surface area contributed by atoms with E-state index >= 15 is 0 Å². The Morgan fingerprint density at radius 2 is 1.89 bits per heavy atom. The summed E-state index contributed by atoms with van der Waals surface area (Å²) in [5, 5.41) is 2.84. The molecule has 19 heavy (non-hydrogen) atoms. The van der Waals surface area contributed by atoms with E-state index in [1.165, 1.54) is 6.07 Å². The van der Waals surface area contributed by atoms with Crippen LogP contribution >= 0.6 is 0 Å². The molecule has 1 aliphatic rings. The van der Waals surface area contributed by atoms with Crippen LogP contribution in [0.1, 0.15) is 25.7 Å². The van der Waals surface area contributed by atoms with Gasteiger partial charge >= 0.3 is 0 Å². The summed E-state index contributed by atoms with van der Waals surface area (Å²) in [7, 11) is -3.03. The van der Waals surface area contributed by atoms with E-state index in [0.717, 1.165) is 25.7 Å². The van der Waals surface area contributed by atoms with Crippen LogP contribution in [0.3, 0.4) is 0 Å². The molecule has 1 aromatic rings. The van der Waals surface area contributed by atoms with Crippen molar-refractivity contribution in [3.05, 3.63) is 30.1 Å². The number of halogens is 1. The first-order valence-corrected chi connectivity index (χ1v) is 8.58. The second-order valence-corrected chi connectivity index (χ2v) is 7.40. The van der Waals surface area contributed by atoms with Crippen molar-refractivity contribution in [2.45, 2.75) is 25.7 Å². The summed E-state index contributed by atoms with van der Waals surface area (Å²) in [5.74, 6) is 0.332. The fourth-order valence-corrected chi connectivity index (χ4v) is 4.20. The molecule has 5 heteroatoms. The lowest BCUT2D eigenvalue weighted by Crippen LogP contribution is -2.22. The molecule has 3 nitrogen and oxygen atoms in total. The predicted octanol–water partition coefficient (Wildman–Crippen LogP) is 2.84. The van der Waals surface area contributed by atoms with Gasteiger partial charge in [-0.05, 0) is 30.9 Å². The van der Waals surface area contributed by atoms with Gasteiger partial charge in [-0.2, -0.15) is 0 Å². The van der Waals surface area contributed by atoms with Crippen LogP contribution in [0, 0.1) is 11.7 Å². The van der Waals surface area contributed by atoms with Gasteiger partial charge in [0.25, 0.3) is 0 Å². The lowest BCUT2D eigenvalue weighted by atomic mass is 10.1. The maximum absolute atomic E-state index is 13.3. The maximum Gasteiger partial charge on any atom is 0.152 e. The standard InChI is InChI=1S/C14H20FNO2S/c15-13-7-3-4-8-14(13)16-9-10-19(17,18)11-12-5-1-2-6-12/h3-4,7-8,12,16H,1-2,5-6,9-11H2. The smallest absolute Gasteiger partial charge is 0.152 e. The number of hydrogen-bond acceptors (Lipinski definition) is 3. The third-order valence-electron chi connectivity index (χ3n) is 3.57. The molecule has 1 aliphatic carbocycles. The highest BCUT2D eigenvalue weighted by molar-refractivity contribution is 7.91. The SMILES string of the molecule is O=S(=O)(CCNc1ccccc1F)CC1CCCC1. The molecule has 0 spiro atoms. The Hall–Kier alpha value is -1.10.